The Balaban J connectivity index is 1.75. The Morgan fingerprint density at radius 2 is 1.95 bits per heavy atom. The smallest absolute Gasteiger partial charge is 0.321 e. The van der Waals surface area contributed by atoms with E-state index in [1.54, 1.807) is 0 Å². The summed E-state index contributed by atoms with van der Waals surface area (Å²) in [7, 11) is 0. The zero-order valence-corrected chi connectivity index (χ0v) is 13.0. The van der Waals surface area contributed by atoms with E-state index in [1.807, 2.05) is 18.2 Å². The summed E-state index contributed by atoms with van der Waals surface area (Å²) in [5, 5.41) is 9.35. The van der Waals surface area contributed by atoms with Crippen LogP contribution in [0.4, 0.5) is 0 Å². The van der Waals surface area contributed by atoms with Gasteiger partial charge in [0.1, 0.15) is 6.04 Å². The van der Waals surface area contributed by atoms with Gasteiger partial charge in [-0.3, -0.25) is 4.79 Å². The SMILES string of the molecule is NC(C(=O)O)C1C(CCC2CCCCC2)=Cc2ccccc21. The lowest BCUT2D eigenvalue weighted by Gasteiger charge is -2.24. The molecule has 0 aromatic heterocycles. The quantitative estimate of drug-likeness (QED) is 0.865. The third-order valence-electron chi connectivity index (χ3n) is 5.28. The summed E-state index contributed by atoms with van der Waals surface area (Å²) in [6, 6.07) is 7.21. The Labute approximate surface area is 132 Å². The molecule has 0 spiro atoms. The standard InChI is InChI=1S/C19H25NO2/c20-18(19(21)22)17-15(11-10-13-6-2-1-3-7-13)12-14-8-4-5-9-16(14)17/h4-5,8-9,12-13,17-18H,1-3,6-7,10-11,20H2,(H,21,22). The molecular formula is C19H25NO2. The first-order valence-electron chi connectivity index (χ1n) is 8.44. The maximum atomic E-state index is 11.4. The molecular weight excluding hydrogens is 274 g/mol. The number of carboxylic acid groups (broad SMARTS) is 1. The van der Waals surface area contributed by atoms with Crippen LogP contribution in [0.3, 0.4) is 0 Å². The van der Waals surface area contributed by atoms with Gasteiger partial charge >= 0.3 is 5.97 Å². The molecule has 2 unspecified atom stereocenters. The molecule has 0 radical (unpaired) electrons. The Hall–Kier alpha value is -1.61. The molecule has 1 saturated carbocycles. The molecule has 2 aliphatic rings. The fourth-order valence-electron chi connectivity index (χ4n) is 4.06. The van der Waals surface area contributed by atoms with Crippen LogP contribution < -0.4 is 5.73 Å². The maximum absolute atomic E-state index is 11.4. The Bertz CT molecular complexity index is 573. The lowest BCUT2D eigenvalue weighted by molar-refractivity contribution is -0.138. The predicted octanol–water partition coefficient (Wildman–Crippen LogP) is 3.94. The van der Waals surface area contributed by atoms with Crippen LogP contribution in [-0.2, 0) is 4.79 Å². The number of fused-ring (bicyclic) bond motifs is 1. The zero-order valence-electron chi connectivity index (χ0n) is 13.0. The summed E-state index contributed by atoms with van der Waals surface area (Å²) < 4.78 is 0. The predicted molar refractivity (Wildman–Crippen MR) is 88.6 cm³/mol. The van der Waals surface area contributed by atoms with Crippen LogP contribution in [0.1, 0.15) is 62.0 Å². The molecule has 118 valence electrons. The van der Waals surface area contributed by atoms with Crippen molar-refractivity contribution in [1.82, 2.24) is 0 Å². The monoisotopic (exact) mass is 299 g/mol. The molecule has 0 saturated heterocycles. The summed E-state index contributed by atoms with van der Waals surface area (Å²) in [5.41, 5.74) is 9.43. The minimum atomic E-state index is -0.912. The molecule has 3 N–H and O–H groups in total. The first-order valence-corrected chi connectivity index (χ1v) is 8.44. The van der Waals surface area contributed by atoms with E-state index in [0.29, 0.717) is 0 Å². The third kappa shape index (κ3) is 3.09. The van der Waals surface area contributed by atoms with Crippen molar-refractivity contribution in [3.05, 3.63) is 41.0 Å². The lowest BCUT2D eigenvalue weighted by Crippen LogP contribution is -2.36. The highest BCUT2D eigenvalue weighted by Crippen LogP contribution is 2.41. The third-order valence-corrected chi connectivity index (χ3v) is 5.28. The van der Waals surface area contributed by atoms with Crippen LogP contribution in [-0.4, -0.2) is 17.1 Å². The van der Waals surface area contributed by atoms with E-state index in [2.05, 4.69) is 12.1 Å². The number of nitrogens with two attached hydrogens (primary N) is 1. The summed E-state index contributed by atoms with van der Waals surface area (Å²) in [5.74, 6) is -0.261. The first-order chi connectivity index (χ1) is 10.7. The van der Waals surface area contributed by atoms with Crippen LogP contribution in [0, 0.1) is 5.92 Å². The van der Waals surface area contributed by atoms with Crippen molar-refractivity contribution in [2.24, 2.45) is 11.7 Å². The number of rotatable bonds is 5. The van der Waals surface area contributed by atoms with Crippen molar-refractivity contribution < 1.29 is 9.90 Å². The van der Waals surface area contributed by atoms with Gasteiger partial charge in [-0.05, 0) is 29.9 Å². The van der Waals surface area contributed by atoms with Crippen molar-refractivity contribution in [3.63, 3.8) is 0 Å². The van der Waals surface area contributed by atoms with Crippen molar-refractivity contribution in [2.45, 2.75) is 56.9 Å². The van der Waals surface area contributed by atoms with Crippen molar-refractivity contribution >= 4 is 12.0 Å². The Kier molecular flexibility index (Phi) is 4.63. The summed E-state index contributed by atoms with van der Waals surface area (Å²) in [6.07, 6.45) is 11.0. The van der Waals surface area contributed by atoms with E-state index < -0.39 is 12.0 Å². The number of hydrogen-bond acceptors (Lipinski definition) is 2. The zero-order chi connectivity index (χ0) is 15.5. The lowest BCUT2D eigenvalue weighted by atomic mass is 9.82. The molecule has 2 aliphatic carbocycles. The van der Waals surface area contributed by atoms with Gasteiger partial charge in [-0.15, -0.1) is 0 Å². The van der Waals surface area contributed by atoms with Crippen LogP contribution in [0.2, 0.25) is 0 Å². The topological polar surface area (TPSA) is 63.3 Å². The summed E-state index contributed by atoms with van der Waals surface area (Å²) >= 11 is 0. The van der Waals surface area contributed by atoms with Gasteiger partial charge in [0.2, 0.25) is 0 Å². The van der Waals surface area contributed by atoms with Crippen LogP contribution in [0.15, 0.2) is 29.8 Å². The second-order valence-electron chi connectivity index (χ2n) is 6.73. The van der Waals surface area contributed by atoms with Crippen LogP contribution in [0.25, 0.3) is 6.08 Å². The molecule has 2 atom stereocenters. The van der Waals surface area contributed by atoms with Gasteiger partial charge in [0.15, 0.2) is 0 Å². The molecule has 3 heteroatoms. The molecule has 3 rings (SSSR count). The Morgan fingerprint density at radius 3 is 2.68 bits per heavy atom. The average molecular weight is 299 g/mol. The van der Waals surface area contributed by atoms with Crippen molar-refractivity contribution in [3.8, 4) is 0 Å². The molecule has 3 nitrogen and oxygen atoms in total. The molecule has 0 aliphatic heterocycles. The number of aliphatic carboxylic acids is 1. The molecule has 0 heterocycles. The maximum Gasteiger partial charge on any atom is 0.321 e. The Morgan fingerprint density at radius 1 is 1.23 bits per heavy atom. The van der Waals surface area contributed by atoms with E-state index in [9.17, 15) is 9.90 Å². The van der Waals surface area contributed by atoms with E-state index in [0.717, 1.165) is 23.5 Å². The molecule has 1 aromatic rings. The van der Waals surface area contributed by atoms with Gasteiger partial charge in [-0.1, -0.05) is 68.0 Å². The number of benzene rings is 1. The molecule has 0 amide bonds. The van der Waals surface area contributed by atoms with Gasteiger partial charge in [0.05, 0.1) is 0 Å². The largest absolute Gasteiger partial charge is 0.480 e. The minimum Gasteiger partial charge on any atom is -0.480 e. The first kappa shape index (κ1) is 15.3. The summed E-state index contributed by atoms with van der Waals surface area (Å²) in [6.45, 7) is 0. The number of carbonyl (C=O) groups is 1. The molecule has 0 bridgehead atoms. The van der Waals surface area contributed by atoms with E-state index >= 15 is 0 Å². The number of carboxylic acids is 1. The van der Waals surface area contributed by atoms with Gasteiger partial charge in [0, 0.05) is 5.92 Å². The second kappa shape index (κ2) is 6.66. The summed E-state index contributed by atoms with van der Waals surface area (Å²) in [4.78, 5) is 11.4. The highest BCUT2D eigenvalue weighted by molar-refractivity contribution is 5.79. The molecule has 1 fully saturated rings. The number of hydrogen-bond donors (Lipinski definition) is 2. The van der Waals surface area contributed by atoms with E-state index in [1.165, 1.54) is 44.1 Å². The van der Waals surface area contributed by atoms with Gasteiger partial charge in [0.25, 0.3) is 0 Å². The van der Waals surface area contributed by atoms with E-state index in [4.69, 9.17) is 5.73 Å². The second-order valence-corrected chi connectivity index (χ2v) is 6.73. The molecule has 1 aromatic carbocycles. The van der Waals surface area contributed by atoms with Gasteiger partial charge in [-0.2, -0.15) is 0 Å². The normalized spacial score (nSPS) is 23.0. The van der Waals surface area contributed by atoms with Crippen molar-refractivity contribution in [2.75, 3.05) is 0 Å². The highest BCUT2D eigenvalue weighted by Gasteiger charge is 2.34. The fourth-order valence-corrected chi connectivity index (χ4v) is 4.06. The molecule has 22 heavy (non-hydrogen) atoms. The minimum absolute atomic E-state index is 0.155. The van der Waals surface area contributed by atoms with Gasteiger partial charge < -0.3 is 10.8 Å². The van der Waals surface area contributed by atoms with Gasteiger partial charge in [-0.25, -0.2) is 0 Å². The van der Waals surface area contributed by atoms with Crippen LogP contribution >= 0.6 is 0 Å². The van der Waals surface area contributed by atoms with Crippen LogP contribution in [0.5, 0.6) is 0 Å². The van der Waals surface area contributed by atoms with Crippen molar-refractivity contribution in [1.29, 1.82) is 0 Å². The van der Waals surface area contributed by atoms with E-state index in [-0.39, 0.29) is 5.92 Å². The highest BCUT2D eigenvalue weighted by atomic mass is 16.4. The average Bonchev–Trinajstić information content (AvgIpc) is 2.91. The fraction of sp³-hybridized carbons (Fsp3) is 0.526.